The highest BCUT2D eigenvalue weighted by Gasteiger charge is 2.17. The molecule has 0 aliphatic heterocycles. The molecule has 0 heterocycles. The molecule has 6 nitrogen and oxygen atoms in total. The molecule has 330 valence electrons. The maximum Gasteiger partial charge on any atom is 0.305 e. The lowest BCUT2D eigenvalue weighted by Crippen LogP contribution is -2.45. The first-order chi connectivity index (χ1) is 28.0. The lowest BCUT2D eigenvalue weighted by Gasteiger charge is -2.19. The Hall–Kier alpha value is -2.44. The van der Waals surface area contributed by atoms with Crippen molar-refractivity contribution in [2.45, 2.75) is 238 Å². The quantitative estimate of drug-likeness (QED) is 0.0324. The molecular weight excluding hydrogens is 707 g/mol. The van der Waals surface area contributed by atoms with Gasteiger partial charge in [-0.3, -0.25) is 9.59 Å². The molecule has 0 fully saturated rings. The van der Waals surface area contributed by atoms with Crippen LogP contribution in [0.5, 0.6) is 0 Å². The number of unbranched alkanes of at least 4 members (excludes halogenated alkanes) is 24. The number of carbonyl (C=O) groups is 2. The van der Waals surface area contributed by atoms with Gasteiger partial charge in [0.15, 0.2) is 0 Å². The fourth-order valence-corrected chi connectivity index (χ4v) is 6.77. The molecule has 6 heteroatoms. The van der Waals surface area contributed by atoms with E-state index >= 15 is 0 Å². The molecule has 0 saturated carbocycles. The van der Waals surface area contributed by atoms with Crippen LogP contribution in [0.1, 0.15) is 226 Å². The first-order valence-electron chi connectivity index (χ1n) is 24.1. The number of allylic oxidation sites excluding steroid dienone is 9. The van der Waals surface area contributed by atoms with Crippen LogP contribution in [0.2, 0.25) is 0 Å². The van der Waals surface area contributed by atoms with Crippen molar-refractivity contribution in [3.05, 3.63) is 60.8 Å². The van der Waals surface area contributed by atoms with Crippen LogP contribution in [0.15, 0.2) is 60.8 Å². The lowest BCUT2D eigenvalue weighted by atomic mass is 10.1. The molecule has 0 aliphatic rings. The zero-order valence-electron chi connectivity index (χ0n) is 37.3. The van der Waals surface area contributed by atoms with Crippen molar-refractivity contribution in [3.8, 4) is 0 Å². The molecule has 0 aromatic carbocycles. The molecule has 3 N–H and O–H groups in total. The van der Waals surface area contributed by atoms with Crippen LogP contribution in [0.4, 0.5) is 0 Å². The van der Waals surface area contributed by atoms with Gasteiger partial charge in [0.05, 0.1) is 25.4 Å². The maximum atomic E-state index is 12.3. The number of aliphatic hydroxyl groups excluding tert-OH is 2. The third kappa shape index (κ3) is 43.0. The highest BCUT2D eigenvalue weighted by molar-refractivity contribution is 5.76. The van der Waals surface area contributed by atoms with Gasteiger partial charge < -0.3 is 20.3 Å². The summed E-state index contributed by atoms with van der Waals surface area (Å²) in [6.07, 6.45) is 58.0. The van der Waals surface area contributed by atoms with Gasteiger partial charge in [-0.15, -0.1) is 0 Å². The number of ether oxygens (including phenoxy) is 1. The Labute approximate surface area is 352 Å². The summed E-state index contributed by atoms with van der Waals surface area (Å²) >= 11 is 0. The van der Waals surface area contributed by atoms with Crippen molar-refractivity contribution >= 4 is 11.9 Å². The molecule has 57 heavy (non-hydrogen) atoms. The summed E-state index contributed by atoms with van der Waals surface area (Å²) in [7, 11) is 0. The summed E-state index contributed by atoms with van der Waals surface area (Å²) in [5, 5.41) is 22.8. The van der Waals surface area contributed by atoms with Crippen LogP contribution in [0.3, 0.4) is 0 Å². The van der Waals surface area contributed by atoms with E-state index in [1.54, 1.807) is 6.08 Å². The number of carbonyl (C=O) groups excluding carboxylic acids is 2. The maximum absolute atomic E-state index is 12.3. The molecule has 0 radical (unpaired) electrons. The summed E-state index contributed by atoms with van der Waals surface area (Å²) in [5.41, 5.74) is 0. The van der Waals surface area contributed by atoms with Gasteiger partial charge in [-0.1, -0.05) is 190 Å². The lowest BCUT2D eigenvalue weighted by molar-refractivity contribution is -0.143. The Morgan fingerprint density at radius 1 is 0.491 bits per heavy atom. The van der Waals surface area contributed by atoms with Crippen LogP contribution in [-0.2, 0) is 14.3 Å². The van der Waals surface area contributed by atoms with Gasteiger partial charge in [-0.2, -0.15) is 0 Å². The molecule has 0 rings (SSSR count). The molecule has 0 aromatic rings. The monoisotopic (exact) mass is 798 g/mol. The Morgan fingerprint density at radius 2 is 0.895 bits per heavy atom. The molecule has 2 unspecified atom stereocenters. The van der Waals surface area contributed by atoms with Crippen LogP contribution in [0, 0.1) is 0 Å². The van der Waals surface area contributed by atoms with Crippen LogP contribution < -0.4 is 5.32 Å². The second-order valence-electron chi connectivity index (χ2n) is 16.1. The first kappa shape index (κ1) is 54.6. The minimum atomic E-state index is -0.878. The molecule has 0 bridgehead atoms. The fraction of sp³-hybridized carbons (Fsp3) is 0.765. The van der Waals surface area contributed by atoms with Crippen LogP contribution in [-0.4, -0.2) is 47.4 Å². The summed E-state index contributed by atoms with van der Waals surface area (Å²) in [5.74, 6) is -0.181. The predicted molar refractivity (Wildman–Crippen MR) is 245 cm³/mol. The van der Waals surface area contributed by atoms with E-state index in [1.165, 1.54) is 135 Å². The van der Waals surface area contributed by atoms with Crippen molar-refractivity contribution in [1.29, 1.82) is 0 Å². The van der Waals surface area contributed by atoms with E-state index in [1.807, 2.05) is 12.2 Å². The minimum Gasteiger partial charge on any atom is -0.466 e. The highest BCUT2D eigenvalue weighted by Crippen LogP contribution is 2.13. The Bertz CT molecular complexity index is 1020. The van der Waals surface area contributed by atoms with Crippen LogP contribution in [0.25, 0.3) is 0 Å². The van der Waals surface area contributed by atoms with E-state index in [-0.39, 0.29) is 18.5 Å². The fourth-order valence-electron chi connectivity index (χ4n) is 6.77. The van der Waals surface area contributed by atoms with Gasteiger partial charge in [-0.05, 0) is 83.5 Å². The molecule has 1 amide bonds. The summed E-state index contributed by atoms with van der Waals surface area (Å²) in [6, 6.07) is -0.671. The molecule has 2 atom stereocenters. The number of rotatable bonds is 43. The zero-order valence-corrected chi connectivity index (χ0v) is 37.3. The van der Waals surface area contributed by atoms with Crippen molar-refractivity contribution in [3.63, 3.8) is 0 Å². The van der Waals surface area contributed by atoms with Gasteiger partial charge in [-0.25, -0.2) is 0 Å². The van der Waals surface area contributed by atoms with Crippen molar-refractivity contribution in [1.82, 2.24) is 5.32 Å². The van der Waals surface area contributed by atoms with E-state index in [0.29, 0.717) is 25.9 Å². The number of nitrogens with one attached hydrogen (secondary N) is 1. The average Bonchev–Trinajstić information content (AvgIpc) is 3.21. The second-order valence-corrected chi connectivity index (χ2v) is 16.1. The normalized spacial score (nSPS) is 13.3. The van der Waals surface area contributed by atoms with Gasteiger partial charge in [0, 0.05) is 12.8 Å². The Balaban J connectivity index is 3.57. The van der Waals surface area contributed by atoms with Crippen molar-refractivity contribution in [2.24, 2.45) is 0 Å². The molecule has 0 spiro atoms. The number of esters is 1. The average molecular weight is 798 g/mol. The van der Waals surface area contributed by atoms with Gasteiger partial charge in [0.25, 0.3) is 0 Å². The largest absolute Gasteiger partial charge is 0.466 e. The number of hydrogen-bond acceptors (Lipinski definition) is 5. The topological polar surface area (TPSA) is 95.9 Å². The summed E-state index contributed by atoms with van der Waals surface area (Å²) < 4.78 is 5.45. The van der Waals surface area contributed by atoms with E-state index < -0.39 is 12.1 Å². The molecule has 0 aliphatic carbocycles. The zero-order chi connectivity index (χ0) is 41.5. The standard InChI is InChI=1S/C51H91NO5/c1-3-5-7-9-11-13-15-16-17-18-19-22-25-29-33-37-41-45-51(56)57-46-42-38-34-30-26-23-20-21-24-28-32-36-40-44-50(55)52-48(47-53)49(54)43-39-35-31-27-14-12-10-8-6-4-2/h11,13,16-17,21,24,32,36,39,43,48-49,53-54H,3-10,12,14-15,18-20,22-23,25-31,33-35,37-38,40-42,44-47H2,1-2H3,(H,52,55)/b13-11-,17-16-,24-21-,36-32-,43-39+. The smallest absolute Gasteiger partial charge is 0.305 e. The van der Waals surface area contributed by atoms with Gasteiger partial charge in [0.2, 0.25) is 5.91 Å². The SMILES string of the molecule is CCCCC/C=C\C/C=C\CCCCCCCCCC(=O)OCCCCCCCC/C=C\C/C=C\CCC(=O)NC(CO)C(O)/C=C/CCCCCCCCCC. The summed E-state index contributed by atoms with van der Waals surface area (Å²) in [4.78, 5) is 24.3. The number of amides is 1. The minimum absolute atomic E-state index is 0.0280. The van der Waals surface area contributed by atoms with E-state index in [2.05, 4.69) is 61.7 Å². The Kier molecular flexibility index (Phi) is 44.3. The van der Waals surface area contributed by atoms with E-state index in [0.717, 1.165) is 57.8 Å². The third-order valence-corrected chi connectivity index (χ3v) is 10.5. The highest BCUT2D eigenvalue weighted by atomic mass is 16.5. The third-order valence-electron chi connectivity index (χ3n) is 10.5. The van der Waals surface area contributed by atoms with Crippen molar-refractivity contribution in [2.75, 3.05) is 13.2 Å². The van der Waals surface area contributed by atoms with E-state index in [9.17, 15) is 19.8 Å². The number of hydrogen-bond donors (Lipinski definition) is 3. The number of aliphatic hydroxyl groups is 2. The Morgan fingerprint density at radius 3 is 1.40 bits per heavy atom. The van der Waals surface area contributed by atoms with Crippen molar-refractivity contribution < 1.29 is 24.5 Å². The molecule has 0 aromatic heterocycles. The first-order valence-corrected chi connectivity index (χ1v) is 24.1. The van der Waals surface area contributed by atoms with Gasteiger partial charge >= 0.3 is 5.97 Å². The summed E-state index contributed by atoms with van der Waals surface area (Å²) in [6.45, 7) is 4.76. The predicted octanol–water partition coefficient (Wildman–Crippen LogP) is 14.1. The second kappa shape index (κ2) is 46.3. The van der Waals surface area contributed by atoms with E-state index in [4.69, 9.17) is 4.74 Å². The molecule has 0 saturated heterocycles. The molecular formula is C51H91NO5. The van der Waals surface area contributed by atoms with Gasteiger partial charge in [0.1, 0.15) is 0 Å². The van der Waals surface area contributed by atoms with Crippen LogP contribution >= 0.6 is 0 Å².